The van der Waals surface area contributed by atoms with E-state index in [4.69, 9.17) is 0 Å². The monoisotopic (exact) mass is 323 g/mol. The molecule has 0 bridgehead atoms. The van der Waals surface area contributed by atoms with Crippen LogP contribution < -0.4 is 21.5 Å². The fourth-order valence-corrected chi connectivity index (χ4v) is 1.90. The van der Waals surface area contributed by atoms with E-state index < -0.39 is 0 Å². The Hall–Kier alpha value is -1.55. The summed E-state index contributed by atoms with van der Waals surface area (Å²) in [7, 11) is 0. The Kier molecular flexibility index (Phi) is 5.36. The van der Waals surface area contributed by atoms with Crippen molar-refractivity contribution in [1.29, 1.82) is 0 Å². The highest BCUT2D eigenvalue weighted by atomic mass is 79.9. The number of rotatable bonds is 3. The number of ketones is 1. The summed E-state index contributed by atoms with van der Waals surface area (Å²) in [6.45, 7) is 4.21. The zero-order chi connectivity index (χ0) is 13.1. The molecule has 1 heterocycles. The highest BCUT2D eigenvalue weighted by molar-refractivity contribution is 5.95. The minimum absolute atomic E-state index is 0. The lowest BCUT2D eigenvalue weighted by molar-refractivity contribution is -0.695. The van der Waals surface area contributed by atoms with E-state index in [0.29, 0.717) is 5.56 Å². The van der Waals surface area contributed by atoms with Gasteiger partial charge >= 0.3 is 0 Å². The van der Waals surface area contributed by atoms with Crippen LogP contribution in [0, 0.1) is 19.7 Å². The molecule has 0 aliphatic rings. The van der Waals surface area contributed by atoms with Gasteiger partial charge in [-0.3, -0.25) is 4.79 Å². The van der Waals surface area contributed by atoms with Gasteiger partial charge in [-0.25, -0.2) is 4.39 Å². The van der Waals surface area contributed by atoms with E-state index >= 15 is 0 Å². The van der Waals surface area contributed by atoms with Gasteiger partial charge in [0.05, 0.1) is 0 Å². The molecule has 0 radical (unpaired) electrons. The third-order valence-electron chi connectivity index (χ3n) is 2.99. The summed E-state index contributed by atoms with van der Waals surface area (Å²) in [5, 5.41) is 0. The predicted molar refractivity (Wildman–Crippen MR) is 66.8 cm³/mol. The molecular formula is C15H15BrFNO. The lowest BCUT2D eigenvalue weighted by Gasteiger charge is -2.03. The molecule has 0 aliphatic carbocycles. The smallest absolute Gasteiger partial charge is 0.227 e. The largest absolute Gasteiger partial charge is 1.00 e. The number of Topliss-reactive ketones (excluding diaryl/α,β-unsaturated/α-hetero) is 1. The average molecular weight is 324 g/mol. The predicted octanol–water partition coefficient (Wildman–Crippen LogP) is -0.383. The summed E-state index contributed by atoms with van der Waals surface area (Å²) in [4.78, 5) is 12.1. The van der Waals surface area contributed by atoms with Crippen LogP contribution >= 0.6 is 0 Å². The van der Waals surface area contributed by atoms with Crippen LogP contribution in [-0.4, -0.2) is 5.78 Å². The number of hydrogen-bond acceptors (Lipinski definition) is 1. The summed E-state index contributed by atoms with van der Waals surface area (Å²) >= 11 is 0. The zero-order valence-electron chi connectivity index (χ0n) is 10.9. The molecule has 0 N–H and O–H groups in total. The van der Waals surface area contributed by atoms with Gasteiger partial charge in [-0.15, -0.1) is 0 Å². The van der Waals surface area contributed by atoms with Crippen LogP contribution in [0.4, 0.5) is 4.39 Å². The van der Waals surface area contributed by atoms with Crippen LogP contribution in [0.15, 0.2) is 42.5 Å². The Morgan fingerprint density at radius 2 is 1.58 bits per heavy atom. The van der Waals surface area contributed by atoms with Crippen molar-refractivity contribution in [2.45, 2.75) is 20.4 Å². The highest BCUT2D eigenvalue weighted by Crippen LogP contribution is 2.04. The number of carbonyl (C=O) groups is 1. The minimum atomic E-state index is -0.328. The van der Waals surface area contributed by atoms with Crippen molar-refractivity contribution >= 4 is 5.78 Å². The third-order valence-corrected chi connectivity index (χ3v) is 2.99. The number of halogens is 2. The molecular weight excluding hydrogens is 309 g/mol. The molecule has 0 aliphatic heterocycles. The quantitative estimate of drug-likeness (QED) is 0.557. The molecule has 100 valence electrons. The van der Waals surface area contributed by atoms with Gasteiger partial charge in [0, 0.05) is 31.5 Å². The Labute approximate surface area is 122 Å². The number of hydrogen-bond donors (Lipinski definition) is 0. The summed E-state index contributed by atoms with van der Waals surface area (Å²) in [5.74, 6) is -0.344. The Morgan fingerprint density at radius 3 is 2.11 bits per heavy atom. The number of pyridine rings is 1. The van der Waals surface area contributed by atoms with Crippen molar-refractivity contribution in [2.75, 3.05) is 0 Å². The van der Waals surface area contributed by atoms with Crippen molar-refractivity contribution in [3.63, 3.8) is 0 Å². The topological polar surface area (TPSA) is 20.9 Å². The second-order valence-corrected chi connectivity index (χ2v) is 4.32. The standard InChI is InChI=1S/C15H15FNO.BrH/c1-11-4-3-5-12(2)17(11)10-15(18)13-6-8-14(16)9-7-13;/h3-9H,10H2,1-2H3;1H/q+1;/p-1. The number of benzene rings is 1. The molecule has 0 fully saturated rings. The fraction of sp³-hybridized carbons (Fsp3) is 0.200. The molecule has 2 nitrogen and oxygen atoms in total. The van der Waals surface area contributed by atoms with E-state index in [2.05, 4.69) is 0 Å². The second-order valence-electron chi connectivity index (χ2n) is 4.32. The van der Waals surface area contributed by atoms with Crippen molar-refractivity contribution in [3.05, 3.63) is 65.2 Å². The van der Waals surface area contributed by atoms with Crippen LogP contribution in [0.5, 0.6) is 0 Å². The van der Waals surface area contributed by atoms with E-state index in [1.165, 1.54) is 24.3 Å². The summed E-state index contributed by atoms with van der Waals surface area (Å²) in [5.41, 5.74) is 2.60. The SMILES string of the molecule is Cc1cccc(C)[n+]1CC(=O)c1ccc(F)cc1.[Br-]. The summed E-state index contributed by atoms with van der Waals surface area (Å²) < 4.78 is 14.7. The van der Waals surface area contributed by atoms with Crippen LogP contribution in [0.25, 0.3) is 0 Å². The summed E-state index contributed by atoms with van der Waals surface area (Å²) in [6, 6.07) is 11.5. The highest BCUT2D eigenvalue weighted by Gasteiger charge is 2.16. The number of aromatic nitrogens is 1. The van der Waals surface area contributed by atoms with Gasteiger partial charge in [0.2, 0.25) is 12.3 Å². The average Bonchev–Trinajstić information content (AvgIpc) is 2.34. The Balaban J connectivity index is 0.00000180. The number of nitrogens with zero attached hydrogens (tertiary/aromatic N) is 1. The molecule has 0 spiro atoms. The Morgan fingerprint density at radius 1 is 1.05 bits per heavy atom. The van der Waals surface area contributed by atoms with E-state index in [-0.39, 0.29) is 35.1 Å². The van der Waals surface area contributed by atoms with E-state index in [0.717, 1.165) is 11.4 Å². The second kappa shape index (κ2) is 6.57. The summed E-state index contributed by atoms with van der Waals surface area (Å²) in [6.07, 6.45) is 0. The number of carbonyl (C=O) groups excluding carboxylic acids is 1. The van der Waals surface area contributed by atoms with Crippen molar-refractivity contribution in [1.82, 2.24) is 0 Å². The van der Waals surface area contributed by atoms with Crippen LogP contribution in [-0.2, 0) is 6.54 Å². The number of aryl methyl sites for hydroxylation is 2. The molecule has 0 unspecified atom stereocenters. The van der Waals surface area contributed by atoms with Crippen LogP contribution in [0.1, 0.15) is 21.7 Å². The van der Waals surface area contributed by atoms with Crippen molar-refractivity contribution < 1.29 is 30.7 Å². The fourth-order valence-electron chi connectivity index (χ4n) is 1.90. The first-order chi connectivity index (χ1) is 8.58. The van der Waals surface area contributed by atoms with Gasteiger partial charge in [0.25, 0.3) is 0 Å². The van der Waals surface area contributed by atoms with Crippen LogP contribution in [0.3, 0.4) is 0 Å². The zero-order valence-corrected chi connectivity index (χ0v) is 12.4. The molecule has 1 aromatic carbocycles. The maximum absolute atomic E-state index is 12.8. The Bertz CT molecular complexity index is 561. The van der Waals surface area contributed by atoms with Crippen molar-refractivity contribution in [2.24, 2.45) is 0 Å². The first kappa shape index (κ1) is 15.5. The molecule has 19 heavy (non-hydrogen) atoms. The van der Waals surface area contributed by atoms with Gasteiger partial charge in [-0.2, -0.15) is 4.57 Å². The van der Waals surface area contributed by atoms with Gasteiger partial charge in [0.1, 0.15) is 5.82 Å². The molecule has 0 atom stereocenters. The lowest BCUT2D eigenvalue weighted by atomic mass is 10.1. The van der Waals surface area contributed by atoms with Gasteiger partial charge in [-0.1, -0.05) is 0 Å². The van der Waals surface area contributed by atoms with Gasteiger partial charge < -0.3 is 17.0 Å². The molecule has 0 saturated heterocycles. The minimum Gasteiger partial charge on any atom is -1.00 e. The molecule has 2 aromatic rings. The molecule has 2 rings (SSSR count). The van der Waals surface area contributed by atoms with Gasteiger partial charge in [-0.05, 0) is 30.3 Å². The van der Waals surface area contributed by atoms with Crippen molar-refractivity contribution in [3.8, 4) is 0 Å². The lowest BCUT2D eigenvalue weighted by Crippen LogP contribution is -3.00. The maximum atomic E-state index is 12.8. The normalized spacial score (nSPS) is 9.84. The molecule has 1 aromatic heterocycles. The molecule has 0 amide bonds. The molecule has 4 heteroatoms. The van der Waals surface area contributed by atoms with E-state index in [1.54, 1.807) is 0 Å². The first-order valence-electron chi connectivity index (χ1n) is 5.83. The van der Waals surface area contributed by atoms with Crippen LogP contribution in [0.2, 0.25) is 0 Å². The van der Waals surface area contributed by atoms with Gasteiger partial charge in [0.15, 0.2) is 11.4 Å². The van der Waals surface area contributed by atoms with E-state index in [1.807, 2.05) is 36.6 Å². The maximum Gasteiger partial charge on any atom is 0.227 e. The molecule has 0 saturated carbocycles. The van der Waals surface area contributed by atoms with E-state index in [9.17, 15) is 9.18 Å². The first-order valence-corrected chi connectivity index (χ1v) is 5.83. The third kappa shape index (κ3) is 3.70.